The van der Waals surface area contributed by atoms with Gasteiger partial charge in [-0.05, 0) is 23.5 Å². The molecule has 22 heavy (non-hydrogen) atoms. The summed E-state index contributed by atoms with van der Waals surface area (Å²) in [6.07, 6.45) is 3.34. The minimum Gasteiger partial charge on any atom is -0.396 e. The van der Waals surface area contributed by atoms with E-state index in [0.29, 0.717) is 12.0 Å². The van der Waals surface area contributed by atoms with Gasteiger partial charge >= 0.3 is 0 Å². The first-order valence-corrected chi connectivity index (χ1v) is 7.08. The third kappa shape index (κ3) is 5.65. The standard InChI is InChI=1S/C16H22N2O4/c1-16(2,3)14(9-10-19)17-15(20)8-7-12-5-4-6-13(11-12)18(21)22/h4-8,11,14,19H,9-10H2,1-3H3,(H,17,20)/b8-7+. The van der Waals surface area contributed by atoms with E-state index in [-0.39, 0.29) is 29.7 Å². The summed E-state index contributed by atoms with van der Waals surface area (Å²) >= 11 is 0. The Morgan fingerprint density at radius 2 is 2.14 bits per heavy atom. The first-order valence-electron chi connectivity index (χ1n) is 7.08. The van der Waals surface area contributed by atoms with Gasteiger partial charge in [0.1, 0.15) is 0 Å². The van der Waals surface area contributed by atoms with Gasteiger partial charge in [-0.1, -0.05) is 32.9 Å². The molecule has 0 spiro atoms. The highest BCUT2D eigenvalue weighted by Crippen LogP contribution is 2.21. The van der Waals surface area contributed by atoms with Gasteiger partial charge in [-0.25, -0.2) is 0 Å². The molecule has 0 aliphatic carbocycles. The van der Waals surface area contributed by atoms with Crippen LogP contribution in [0, 0.1) is 15.5 Å². The van der Waals surface area contributed by atoms with E-state index in [1.807, 2.05) is 20.8 Å². The van der Waals surface area contributed by atoms with Crippen LogP contribution in [0.1, 0.15) is 32.8 Å². The van der Waals surface area contributed by atoms with Gasteiger partial charge in [0.2, 0.25) is 5.91 Å². The van der Waals surface area contributed by atoms with E-state index < -0.39 is 4.92 Å². The number of hydrogen-bond acceptors (Lipinski definition) is 4. The van der Waals surface area contributed by atoms with Crippen LogP contribution < -0.4 is 5.32 Å². The van der Waals surface area contributed by atoms with Crippen LogP contribution in [0.15, 0.2) is 30.3 Å². The molecule has 6 nitrogen and oxygen atoms in total. The van der Waals surface area contributed by atoms with Crippen molar-refractivity contribution in [2.75, 3.05) is 6.61 Å². The monoisotopic (exact) mass is 306 g/mol. The Morgan fingerprint density at radius 3 is 2.68 bits per heavy atom. The number of carbonyl (C=O) groups excluding carboxylic acids is 1. The van der Waals surface area contributed by atoms with Crippen molar-refractivity contribution in [3.05, 3.63) is 46.0 Å². The van der Waals surface area contributed by atoms with Gasteiger partial charge in [-0.3, -0.25) is 14.9 Å². The maximum atomic E-state index is 12.0. The van der Waals surface area contributed by atoms with Crippen molar-refractivity contribution in [2.45, 2.75) is 33.2 Å². The highest BCUT2D eigenvalue weighted by atomic mass is 16.6. The predicted octanol–water partition coefficient (Wildman–Crippen LogP) is 2.52. The van der Waals surface area contributed by atoms with Crippen LogP contribution in [0.3, 0.4) is 0 Å². The highest BCUT2D eigenvalue weighted by molar-refractivity contribution is 5.92. The van der Waals surface area contributed by atoms with E-state index >= 15 is 0 Å². The molecule has 1 aromatic rings. The summed E-state index contributed by atoms with van der Waals surface area (Å²) in [5.41, 5.74) is 0.395. The molecular formula is C16H22N2O4. The Labute approximate surface area is 130 Å². The Kier molecular flexibility index (Phi) is 6.24. The fourth-order valence-corrected chi connectivity index (χ4v) is 1.98. The van der Waals surface area contributed by atoms with Crippen LogP contribution in [-0.2, 0) is 4.79 Å². The van der Waals surface area contributed by atoms with E-state index in [1.165, 1.54) is 24.3 Å². The van der Waals surface area contributed by atoms with Gasteiger partial charge in [-0.2, -0.15) is 0 Å². The van der Waals surface area contributed by atoms with Crippen LogP contribution in [0.4, 0.5) is 5.69 Å². The summed E-state index contributed by atoms with van der Waals surface area (Å²) in [6.45, 7) is 5.95. The molecule has 1 unspecified atom stereocenters. The van der Waals surface area contributed by atoms with Crippen LogP contribution in [0.25, 0.3) is 6.08 Å². The molecule has 6 heteroatoms. The number of nitro benzene ring substituents is 1. The van der Waals surface area contributed by atoms with Crippen molar-refractivity contribution >= 4 is 17.7 Å². The number of nitro groups is 1. The fraction of sp³-hybridized carbons (Fsp3) is 0.438. The van der Waals surface area contributed by atoms with Crippen molar-refractivity contribution in [1.29, 1.82) is 0 Å². The van der Waals surface area contributed by atoms with E-state index in [9.17, 15) is 14.9 Å². The SMILES string of the molecule is CC(C)(C)C(CCO)NC(=O)/C=C/c1cccc([N+](=O)[O-])c1. The number of aliphatic hydroxyl groups excluding tert-OH is 1. The van der Waals surface area contributed by atoms with Crippen LogP contribution >= 0.6 is 0 Å². The number of non-ortho nitro benzene ring substituents is 1. The molecule has 120 valence electrons. The lowest BCUT2D eigenvalue weighted by molar-refractivity contribution is -0.384. The maximum absolute atomic E-state index is 12.0. The number of amides is 1. The second-order valence-electron chi connectivity index (χ2n) is 6.12. The molecule has 0 heterocycles. The number of carbonyl (C=O) groups is 1. The Balaban J connectivity index is 2.75. The zero-order chi connectivity index (χ0) is 16.8. The van der Waals surface area contributed by atoms with Gasteiger partial charge in [0.25, 0.3) is 5.69 Å². The van der Waals surface area contributed by atoms with Gasteiger partial charge in [0.05, 0.1) is 4.92 Å². The third-order valence-corrected chi connectivity index (χ3v) is 3.29. The summed E-state index contributed by atoms with van der Waals surface area (Å²) in [4.78, 5) is 22.2. The first kappa shape index (κ1) is 17.8. The molecule has 1 aromatic carbocycles. The molecule has 0 bridgehead atoms. The van der Waals surface area contributed by atoms with Crippen molar-refractivity contribution in [1.82, 2.24) is 5.32 Å². The molecule has 0 radical (unpaired) electrons. The van der Waals surface area contributed by atoms with E-state index in [4.69, 9.17) is 5.11 Å². The van der Waals surface area contributed by atoms with E-state index in [1.54, 1.807) is 12.1 Å². The normalized spacial score (nSPS) is 13.1. The predicted molar refractivity (Wildman–Crippen MR) is 85.2 cm³/mol. The number of nitrogens with one attached hydrogen (secondary N) is 1. The smallest absolute Gasteiger partial charge is 0.270 e. The number of rotatable bonds is 6. The quantitative estimate of drug-likeness (QED) is 0.480. The summed E-state index contributed by atoms with van der Waals surface area (Å²) in [5, 5.41) is 22.6. The zero-order valence-electron chi connectivity index (χ0n) is 13.1. The second kappa shape index (κ2) is 7.70. The Morgan fingerprint density at radius 1 is 1.45 bits per heavy atom. The molecule has 0 aromatic heterocycles. The topological polar surface area (TPSA) is 92.5 Å². The van der Waals surface area contributed by atoms with Crippen molar-refractivity contribution in [3.63, 3.8) is 0 Å². The summed E-state index contributed by atoms with van der Waals surface area (Å²) < 4.78 is 0. The van der Waals surface area contributed by atoms with Crippen LogP contribution in [0.2, 0.25) is 0 Å². The lowest BCUT2D eigenvalue weighted by Crippen LogP contribution is -2.43. The van der Waals surface area contributed by atoms with Crippen LogP contribution in [-0.4, -0.2) is 28.6 Å². The Hall–Kier alpha value is -2.21. The summed E-state index contributed by atoms with van der Waals surface area (Å²) in [5.74, 6) is -0.292. The van der Waals surface area contributed by atoms with Crippen molar-refractivity contribution < 1.29 is 14.8 Å². The number of hydrogen-bond donors (Lipinski definition) is 2. The minimum atomic E-state index is -0.478. The molecule has 0 fully saturated rings. The molecule has 1 amide bonds. The van der Waals surface area contributed by atoms with Gasteiger partial charge in [0.15, 0.2) is 0 Å². The lowest BCUT2D eigenvalue weighted by atomic mass is 9.85. The molecule has 1 rings (SSSR count). The Bertz CT molecular complexity index is 562. The number of benzene rings is 1. The second-order valence-corrected chi connectivity index (χ2v) is 6.12. The lowest BCUT2D eigenvalue weighted by Gasteiger charge is -2.30. The van der Waals surface area contributed by atoms with Crippen molar-refractivity contribution in [3.8, 4) is 0 Å². The molecule has 2 N–H and O–H groups in total. The molecule has 0 saturated carbocycles. The average Bonchev–Trinajstić information content (AvgIpc) is 2.44. The van der Waals surface area contributed by atoms with Crippen LogP contribution in [0.5, 0.6) is 0 Å². The highest BCUT2D eigenvalue weighted by Gasteiger charge is 2.24. The number of aliphatic hydroxyl groups is 1. The zero-order valence-corrected chi connectivity index (χ0v) is 13.1. The minimum absolute atomic E-state index is 0.00316. The largest absolute Gasteiger partial charge is 0.396 e. The van der Waals surface area contributed by atoms with E-state index in [0.717, 1.165) is 0 Å². The fourth-order valence-electron chi connectivity index (χ4n) is 1.98. The van der Waals surface area contributed by atoms with Crippen molar-refractivity contribution in [2.24, 2.45) is 5.41 Å². The van der Waals surface area contributed by atoms with E-state index in [2.05, 4.69) is 5.32 Å². The summed E-state index contributed by atoms with van der Waals surface area (Å²) in [7, 11) is 0. The first-order chi connectivity index (χ1) is 10.2. The third-order valence-electron chi connectivity index (χ3n) is 3.29. The number of nitrogens with zero attached hydrogens (tertiary/aromatic N) is 1. The van der Waals surface area contributed by atoms with Gasteiger partial charge < -0.3 is 10.4 Å². The molecule has 1 atom stereocenters. The molecule has 0 saturated heterocycles. The molecule has 0 aliphatic rings. The molecule has 0 aliphatic heterocycles. The summed E-state index contributed by atoms with van der Waals surface area (Å²) in [6, 6.07) is 5.90. The van der Waals surface area contributed by atoms with Gasteiger partial charge in [-0.15, -0.1) is 0 Å². The average molecular weight is 306 g/mol. The maximum Gasteiger partial charge on any atom is 0.270 e. The molecular weight excluding hydrogens is 284 g/mol. The van der Waals surface area contributed by atoms with Gasteiger partial charge in [0, 0.05) is 30.9 Å².